The van der Waals surface area contributed by atoms with Gasteiger partial charge < -0.3 is 14.6 Å². The molecule has 1 unspecified atom stereocenters. The Morgan fingerprint density at radius 2 is 1.94 bits per heavy atom. The molecular weight excluding hydrogens is 216 g/mol. The number of methoxy groups -OCH3 is 2. The van der Waals surface area contributed by atoms with Gasteiger partial charge >= 0.3 is 0 Å². The van der Waals surface area contributed by atoms with Gasteiger partial charge in [0.15, 0.2) is 11.5 Å². The second-order valence-electron chi connectivity index (χ2n) is 4.22. The fourth-order valence-corrected chi connectivity index (χ4v) is 2.18. The van der Waals surface area contributed by atoms with Crippen molar-refractivity contribution in [1.82, 2.24) is 0 Å². The molecule has 0 fully saturated rings. The third kappa shape index (κ3) is 2.61. The molecule has 92 valence electrons. The summed E-state index contributed by atoms with van der Waals surface area (Å²) in [5.41, 5.74) is 2.28. The SMILES string of the molecule is COc1ccc(C2=CC(O)CCC2)cc1OC. The number of hydrogen-bond donors (Lipinski definition) is 1. The number of ether oxygens (including phenoxy) is 2. The van der Waals surface area contributed by atoms with Gasteiger partial charge in [-0.1, -0.05) is 12.1 Å². The van der Waals surface area contributed by atoms with Crippen LogP contribution in [0.5, 0.6) is 11.5 Å². The summed E-state index contributed by atoms with van der Waals surface area (Å²) in [5.74, 6) is 1.46. The maximum Gasteiger partial charge on any atom is 0.161 e. The normalized spacial score (nSPS) is 19.7. The second-order valence-corrected chi connectivity index (χ2v) is 4.22. The van der Waals surface area contributed by atoms with Gasteiger partial charge in [0.1, 0.15) is 0 Å². The zero-order valence-corrected chi connectivity index (χ0v) is 10.3. The molecule has 0 saturated carbocycles. The van der Waals surface area contributed by atoms with Crippen LogP contribution >= 0.6 is 0 Å². The maximum absolute atomic E-state index is 9.64. The monoisotopic (exact) mass is 234 g/mol. The van der Waals surface area contributed by atoms with Gasteiger partial charge in [-0.3, -0.25) is 0 Å². The highest BCUT2D eigenvalue weighted by Gasteiger charge is 2.14. The number of rotatable bonds is 3. The van der Waals surface area contributed by atoms with Crippen LogP contribution in [0.15, 0.2) is 24.3 Å². The minimum Gasteiger partial charge on any atom is -0.493 e. The molecule has 1 aliphatic rings. The highest BCUT2D eigenvalue weighted by atomic mass is 16.5. The van der Waals surface area contributed by atoms with E-state index in [1.807, 2.05) is 24.3 Å². The van der Waals surface area contributed by atoms with E-state index in [0.717, 1.165) is 36.3 Å². The second kappa shape index (κ2) is 5.23. The quantitative estimate of drug-likeness (QED) is 0.873. The Hall–Kier alpha value is -1.48. The Morgan fingerprint density at radius 1 is 1.18 bits per heavy atom. The largest absolute Gasteiger partial charge is 0.493 e. The molecule has 17 heavy (non-hydrogen) atoms. The fraction of sp³-hybridized carbons (Fsp3) is 0.429. The van der Waals surface area contributed by atoms with Crippen molar-refractivity contribution in [3.63, 3.8) is 0 Å². The molecule has 1 aromatic carbocycles. The first-order valence-corrected chi connectivity index (χ1v) is 5.85. The smallest absolute Gasteiger partial charge is 0.161 e. The van der Waals surface area contributed by atoms with E-state index in [0.29, 0.717) is 0 Å². The summed E-state index contributed by atoms with van der Waals surface area (Å²) in [6.45, 7) is 0. The van der Waals surface area contributed by atoms with Gasteiger partial charge in [0.25, 0.3) is 0 Å². The molecule has 0 amide bonds. The van der Waals surface area contributed by atoms with Crippen molar-refractivity contribution in [2.24, 2.45) is 0 Å². The van der Waals surface area contributed by atoms with E-state index in [-0.39, 0.29) is 6.10 Å². The maximum atomic E-state index is 9.64. The summed E-state index contributed by atoms with van der Waals surface area (Å²) in [6, 6.07) is 5.87. The number of benzene rings is 1. The van der Waals surface area contributed by atoms with Crippen molar-refractivity contribution in [3.05, 3.63) is 29.8 Å². The lowest BCUT2D eigenvalue weighted by atomic mass is 9.92. The first kappa shape index (κ1) is 12.0. The van der Waals surface area contributed by atoms with Gasteiger partial charge in [-0.2, -0.15) is 0 Å². The number of aliphatic hydroxyl groups is 1. The molecule has 1 N–H and O–H groups in total. The lowest BCUT2D eigenvalue weighted by Gasteiger charge is -2.18. The molecule has 0 radical (unpaired) electrons. The van der Waals surface area contributed by atoms with Crippen LogP contribution in [-0.4, -0.2) is 25.4 Å². The molecule has 3 heteroatoms. The molecule has 0 bridgehead atoms. The average Bonchev–Trinajstić information content (AvgIpc) is 2.38. The Morgan fingerprint density at radius 3 is 2.59 bits per heavy atom. The third-order valence-electron chi connectivity index (χ3n) is 3.09. The molecular formula is C14H18O3. The van der Waals surface area contributed by atoms with Crippen LogP contribution in [0.25, 0.3) is 5.57 Å². The molecule has 0 spiro atoms. The van der Waals surface area contributed by atoms with Gasteiger partial charge in [-0.15, -0.1) is 0 Å². The highest BCUT2D eigenvalue weighted by molar-refractivity contribution is 5.69. The minimum absolute atomic E-state index is 0.313. The summed E-state index contributed by atoms with van der Waals surface area (Å²) >= 11 is 0. The molecule has 0 heterocycles. The predicted molar refractivity (Wildman–Crippen MR) is 67.4 cm³/mol. The van der Waals surface area contributed by atoms with E-state index in [4.69, 9.17) is 9.47 Å². The molecule has 1 aromatic rings. The Kier molecular flexibility index (Phi) is 3.69. The van der Waals surface area contributed by atoms with Crippen molar-refractivity contribution < 1.29 is 14.6 Å². The van der Waals surface area contributed by atoms with Gasteiger partial charge in [0, 0.05) is 0 Å². The lowest BCUT2D eigenvalue weighted by Crippen LogP contribution is -2.08. The van der Waals surface area contributed by atoms with Crippen molar-refractivity contribution in [2.45, 2.75) is 25.4 Å². The van der Waals surface area contributed by atoms with E-state index in [1.165, 1.54) is 5.57 Å². The van der Waals surface area contributed by atoms with Crippen molar-refractivity contribution in [3.8, 4) is 11.5 Å². The summed E-state index contributed by atoms with van der Waals surface area (Å²) in [4.78, 5) is 0. The van der Waals surface area contributed by atoms with E-state index in [1.54, 1.807) is 14.2 Å². The molecule has 0 aromatic heterocycles. The van der Waals surface area contributed by atoms with Crippen LogP contribution in [0.4, 0.5) is 0 Å². The zero-order valence-electron chi connectivity index (χ0n) is 10.3. The van der Waals surface area contributed by atoms with Crippen LogP contribution in [-0.2, 0) is 0 Å². The molecule has 3 nitrogen and oxygen atoms in total. The molecule has 0 saturated heterocycles. The van der Waals surface area contributed by atoms with Crippen molar-refractivity contribution >= 4 is 5.57 Å². The minimum atomic E-state index is -0.313. The number of allylic oxidation sites excluding steroid dienone is 1. The van der Waals surface area contributed by atoms with Gasteiger partial charge in [-0.05, 0) is 42.5 Å². The topological polar surface area (TPSA) is 38.7 Å². The first-order chi connectivity index (χ1) is 8.24. The summed E-state index contributed by atoms with van der Waals surface area (Å²) in [7, 11) is 3.26. The van der Waals surface area contributed by atoms with Gasteiger partial charge in [0.2, 0.25) is 0 Å². The van der Waals surface area contributed by atoms with Crippen LogP contribution in [0.2, 0.25) is 0 Å². The van der Waals surface area contributed by atoms with E-state index in [9.17, 15) is 5.11 Å². The number of hydrogen-bond acceptors (Lipinski definition) is 3. The fourth-order valence-electron chi connectivity index (χ4n) is 2.18. The molecule has 0 aliphatic heterocycles. The first-order valence-electron chi connectivity index (χ1n) is 5.85. The van der Waals surface area contributed by atoms with Crippen LogP contribution in [0.1, 0.15) is 24.8 Å². The third-order valence-corrected chi connectivity index (χ3v) is 3.09. The Bertz CT molecular complexity index is 423. The average molecular weight is 234 g/mol. The zero-order chi connectivity index (χ0) is 12.3. The van der Waals surface area contributed by atoms with Crippen molar-refractivity contribution in [1.29, 1.82) is 0 Å². The van der Waals surface area contributed by atoms with Crippen LogP contribution in [0, 0.1) is 0 Å². The Labute approximate surface area is 102 Å². The molecule has 2 rings (SSSR count). The standard InChI is InChI=1S/C14H18O3/c1-16-13-7-6-11(9-14(13)17-2)10-4-3-5-12(15)8-10/h6-9,12,15H,3-5H2,1-2H3. The predicted octanol–water partition coefficient (Wildman–Crippen LogP) is 2.63. The lowest BCUT2D eigenvalue weighted by molar-refractivity contribution is 0.206. The van der Waals surface area contributed by atoms with Gasteiger partial charge in [0.05, 0.1) is 20.3 Å². The van der Waals surface area contributed by atoms with Gasteiger partial charge in [-0.25, -0.2) is 0 Å². The van der Waals surface area contributed by atoms with E-state index in [2.05, 4.69) is 0 Å². The van der Waals surface area contributed by atoms with E-state index < -0.39 is 0 Å². The molecule has 1 aliphatic carbocycles. The van der Waals surface area contributed by atoms with Crippen LogP contribution in [0.3, 0.4) is 0 Å². The highest BCUT2D eigenvalue weighted by Crippen LogP contribution is 2.33. The summed E-state index contributed by atoms with van der Waals surface area (Å²) in [5, 5.41) is 9.64. The molecule has 1 atom stereocenters. The summed E-state index contributed by atoms with van der Waals surface area (Å²) < 4.78 is 10.5. The summed E-state index contributed by atoms with van der Waals surface area (Å²) in [6.07, 6.45) is 4.52. The van der Waals surface area contributed by atoms with Crippen molar-refractivity contribution in [2.75, 3.05) is 14.2 Å². The Balaban J connectivity index is 2.33. The van der Waals surface area contributed by atoms with Crippen LogP contribution < -0.4 is 9.47 Å². The number of aliphatic hydroxyl groups excluding tert-OH is 1. The van der Waals surface area contributed by atoms with E-state index >= 15 is 0 Å².